The first kappa shape index (κ1) is 14.6. The highest BCUT2D eigenvalue weighted by molar-refractivity contribution is 7.09. The van der Waals surface area contributed by atoms with Crippen molar-refractivity contribution in [3.8, 4) is 0 Å². The molecule has 0 radical (unpaired) electrons. The molecule has 1 amide bonds. The van der Waals surface area contributed by atoms with E-state index in [-0.39, 0.29) is 23.1 Å². The molecule has 1 unspecified atom stereocenters. The van der Waals surface area contributed by atoms with Crippen molar-refractivity contribution in [1.29, 1.82) is 0 Å². The molecule has 0 aromatic carbocycles. The normalized spacial score (nSPS) is 21.4. The molecule has 1 aliphatic heterocycles. The minimum absolute atomic E-state index is 0.203. The van der Waals surface area contributed by atoms with Gasteiger partial charge in [0.15, 0.2) is 0 Å². The third-order valence-electron chi connectivity index (χ3n) is 4.26. The Morgan fingerprint density at radius 2 is 2.26 bits per heavy atom. The predicted octanol–water partition coefficient (Wildman–Crippen LogP) is 1.92. The molecule has 23 heavy (non-hydrogen) atoms. The Bertz CT molecular complexity index is 767. The summed E-state index contributed by atoms with van der Waals surface area (Å²) in [5.74, 6) is 0.225. The topological polar surface area (TPSA) is 75.3 Å². The van der Waals surface area contributed by atoms with Gasteiger partial charge >= 0.3 is 0 Å². The molecular formula is C16H17N3O3S. The maximum atomic E-state index is 12.7. The minimum Gasteiger partial charge on any atom is -0.367 e. The van der Waals surface area contributed by atoms with Gasteiger partial charge in [-0.2, -0.15) is 0 Å². The maximum absolute atomic E-state index is 12.7. The van der Waals surface area contributed by atoms with Crippen LogP contribution in [0, 0.1) is 0 Å². The molecule has 0 spiro atoms. The van der Waals surface area contributed by atoms with Gasteiger partial charge in [0.25, 0.3) is 11.5 Å². The average Bonchev–Trinajstić information content (AvgIpc) is 3.28. The van der Waals surface area contributed by atoms with Gasteiger partial charge in [0.1, 0.15) is 16.7 Å². The van der Waals surface area contributed by atoms with Gasteiger partial charge in [0.05, 0.1) is 13.2 Å². The molecule has 1 N–H and O–H groups in total. The highest BCUT2D eigenvalue weighted by Gasteiger charge is 2.30. The Labute approximate surface area is 137 Å². The summed E-state index contributed by atoms with van der Waals surface area (Å²) in [5, 5.41) is 2.75. The second-order valence-electron chi connectivity index (χ2n) is 5.91. The van der Waals surface area contributed by atoms with Crippen molar-refractivity contribution in [1.82, 2.24) is 14.9 Å². The first-order valence-electron chi connectivity index (χ1n) is 7.76. The van der Waals surface area contributed by atoms with Crippen LogP contribution in [0.2, 0.25) is 0 Å². The summed E-state index contributed by atoms with van der Waals surface area (Å²) in [6.07, 6.45) is 3.74. The van der Waals surface area contributed by atoms with Gasteiger partial charge in [0.2, 0.25) is 0 Å². The van der Waals surface area contributed by atoms with Crippen LogP contribution >= 0.6 is 11.3 Å². The van der Waals surface area contributed by atoms with Gasteiger partial charge in [-0.25, -0.2) is 4.98 Å². The molecule has 1 saturated heterocycles. The molecule has 1 atom stereocenters. The molecule has 3 heterocycles. The Hall–Kier alpha value is -1.99. The number of thiazole rings is 1. The van der Waals surface area contributed by atoms with E-state index in [2.05, 4.69) is 9.97 Å². The number of nitrogens with one attached hydrogen (secondary N) is 1. The fourth-order valence-corrected chi connectivity index (χ4v) is 3.51. The lowest BCUT2D eigenvalue weighted by Gasteiger charge is -2.31. The molecule has 2 aromatic rings. The van der Waals surface area contributed by atoms with Crippen LogP contribution in [0.25, 0.3) is 0 Å². The zero-order valence-corrected chi connectivity index (χ0v) is 13.3. The van der Waals surface area contributed by atoms with Crippen molar-refractivity contribution in [2.75, 3.05) is 19.7 Å². The molecule has 0 bridgehead atoms. The molecule has 2 aromatic heterocycles. The monoisotopic (exact) mass is 331 g/mol. The zero-order valence-electron chi connectivity index (χ0n) is 12.5. The third kappa shape index (κ3) is 2.94. The van der Waals surface area contributed by atoms with Crippen LogP contribution in [0.15, 0.2) is 28.5 Å². The fourth-order valence-electron chi connectivity index (χ4n) is 2.84. The van der Waals surface area contributed by atoms with Crippen LogP contribution in [-0.4, -0.2) is 40.5 Å². The number of morpholine rings is 1. The van der Waals surface area contributed by atoms with Crippen molar-refractivity contribution in [2.24, 2.45) is 0 Å². The minimum atomic E-state index is -0.295. The van der Waals surface area contributed by atoms with Crippen LogP contribution in [0.4, 0.5) is 0 Å². The van der Waals surface area contributed by atoms with Crippen LogP contribution in [0.5, 0.6) is 0 Å². The molecule has 120 valence electrons. The number of H-pyrrole nitrogens is 1. The van der Waals surface area contributed by atoms with E-state index in [0.717, 1.165) is 23.5 Å². The first-order chi connectivity index (χ1) is 11.2. The molecule has 6 nitrogen and oxygen atoms in total. The predicted molar refractivity (Wildman–Crippen MR) is 85.7 cm³/mol. The van der Waals surface area contributed by atoms with Crippen molar-refractivity contribution < 1.29 is 9.53 Å². The van der Waals surface area contributed by atoms with Crippen LogP contribution < -0.4 is 5.56 Å². The van der Waals surface area contributed by atoms with Crippen molar-refractivity contribution in [3.05, 3.63) is 50.3 Å². The second-order valence-corrected chi connectivity index (χ2v) is 6.84. The number of pyridine rings is 1. The number of carbonyl (C=O) groups is 1. The summed E-state index contributed by atoms with van der Waals surface area (Å²) in [4.78, 5) is 33.7. The Balaban J connectivity index is 1.53. The molecule has 1 aliphatic carbocycles. The van der Waals surface area contributed by atoms with E-state index in [1.807, 2.05) is 11.4 Å². The quantitative estimate of drug-likeness (QED) is 0.932. The van der Waals surface area contributed by atoms with E-state index >= 15 is 0 Å². The van der Waals surface area contributed by atoms with Gasteiger partial charge < -0.3 is 14.6 Å². The largest absolute Gasteiger partial charge is 0.367 e. The highest BCUT2D eigenvalue weighted by atomic mass is 32.1. The van der Waals surface area contributed by atoms with E-state index in [0.29, 0.717) is 25.6 Å². The number of nitrogens with zero attached hydrogens (tertiary/aromatic N) is 2. The third-order valence-corrected chi connectivity index (χ3v) is 5.13. The molecule has 7 heteroatoms. The number of hydrogen-bond acceptors (Lipinski definition) is 5. The lowest BCUT2D eigenvalue weighted by atomic mass is 10.1. The smallest absolute Gasteiger partial charge is 0.261 e. The number of rotatable bonds is 3. The van der Waals surface area contributed by atoms with Gasteiger partial charge in [-0.3, -0.25) is 9.59 Å². The van der Waals surface area contributed by atoms with E-state index < -0.39 is 0 Å². The molecular weight excluding hydrogens is 314 g/mol. The summed E-state index contributed by atoms with van der Waals surface area (Å²) < 4.78 is 5.70. The number of amides is 1. The molecule has 4 rings (SSSR count). The van der Waals surface area contributed by atoms with E-state index in [1.54, 1.807) is 17.2 Å². The maximum Gasteiger partial charge on any atom is 0.261 e. The van der Waals surface area contributed by atoms with E-state index in [1.165, 1.54) is 11.3 Å². The number of aromatic nitrogens is 2. The van der Waals surface area contributed by atoms with Crippen LogP contribution in [0.3, 0.4) is 0 Å². The standard InChI is InChI=1S/C16H17N3O3S/c20-14-11(3-4-12(18-14)10-1-2-10)16(21)19-6-7-22-13(9-19)15-17-5-8-23-15/h3-5,8,10,13H,1-2,6-7,9H2,(H,18,20). The number of carbonyl (C=O) groups excluding carboxylic acids is 1. The molecule has 2 fully saturated rings. The van der Waals surface area contributed by atoms with Gasteiger partial charge in [-0.1, -0.05) is 0 Å². The summed E-state index contributed by atoms with van der Waals surface area (Å²) in [6, 6.07) is 3.52. The number of hydrogen-bond donors (Lipinski definition) is 1. The Morgan fingerprint density at radius 1 is 1.39 bits per heavy atom. The lowest BCUT2D eigenvalue weighted by Crippen LogP contribution is -2.43. The van der Waals surface area contributed by atoms with Gasteiger partial charge in [0, 0.05) is 23.8 Å². The SMILES string of the molecule is O=C(c1ccc(C2CC2)[nH]c1=O)N1CCOC(c2nccs2)C1. The summed E-state index contributed by atoms with van der Waals surface area (Å²) >= 11 is 1.51. The second kappa shape index (κ2) is 5.90. The van der Waals surface area contributed by atoms with Crippen molar-refractivity contribution in [2.45, 2.75) is 24.9 Å². The summed E-state index contributed by atoms with van der Waals surface area (Å²) in [5.41, 5.74) is 0.847. The van der Waals surface area contributed by atoms with Gasteiger partial charge in [-0.15, -0.1) is 11.3 Å². The first-order valence-corrected chi connectivity index (χ1v) is 8.64. The fraction of sp³-hybridized carbons (Fsp3) is 0.438. The molecule has 1 saturated carbocycles. The Morgan fingerprint density at radius 3 is 2.96 bits per heavy atom. The number of aromatic amines is 1. The summed E-state index contributed by atoms with van der Waals surface area (Å²) in [6.45, 7) is 1.37. The zero-order chi connectivity index (χ0) is 15.8. The van der Waals surface area contributed by atoms with Gasteiger partial charge in [-0.05, 0) is 30.9 Å². The highest BCUT2D eigenvalue weighted by Crippen LogP contribution is 2.38. The molecule has 2 aliphatic rings. The van der Waals surface area contributed by atoms with E-state index in [9.17, 15) is 9.59 Å². The number of ether oxygens (including phenoxy) is 1. The van der Waals surface area contributed by atoms with Crippen molar-refractivity contribution >= 4 is 17.2 Å². The van der Waals surface area contributed by atoms with E-state index in [4.69, 9.17) is 4.74 Å². The summed E-state index contributed by atoms with van der Waals surface area (Å²) in [7, 11) is 0. The average molecular weight is 331 g/mol. The lowest BCUT2D eigenvalue weighted by molar-refractivity contribution is -0.0229. The van der Waals surface area contributed by atoms with Crippen LogP contribution in [0.1, 0.15) is 45.9 Å². The van der Waals surface area contributed by atoms with Crippen molar-refractivity contribution in [3.63, 3.8) is 0 Å². The van der Waals surface area contributed by atoms with Crippen LogP contribution in [-0.2, 0) is 4.74 Å². The Kier molecular flexibility index (Phi) is 3.74.